The zero-order chi connectivity index (χ0) is 13.9. The first-order chi connectivity index (χ1) is 9.59. The number of fused-ring (bicyclic) bond motifs is 5. The molecule has 0 saturated heterocycles. The number of nitrogens with two attached hydrogens (primary N) is 1. The van der Waals surface area contributed by atoms with E-state index >= 15 is 0 Å². The lowest BCUT2D eigenvalue weighted by Crippen LogP contribution is -2.49. The average molecular weight is 275 g/mol. The van der Waals surface area contributed by atoms with Crippen molar-refractivity contribution in [1.82, 2.24) is 0 Å². The molecule has 0 unspecified atom stereocenters. The molecule has 112 valence electrons. The first-order valence-corrected chi connectivity index (χ1v) is 8.72. The maximum atomic E-state index is 9.91. The fourth-order valence-electron chi connectivity index (χ4n) is 6.29. The van der Waals surface area contributed by atoms with Crippen LogP contribution in [0.1, 0.15) is 58.3 Å². The third-order valence-electron chi connectivity index (χ3n) is 7.49. The summed E-state index contributed by atoms with van der Waals surface area (Å²) >= 11 is 0. The lowest BCUT2D eigenvalue weighted by molar-refractivity contribution is -0.00471. The van der Waals surface area contributed by atoms with Gasteiger partial charge in [0.15, 0.2) is 0 Å². The highest BCUT2D eigenvalue weighted by atomic mass is 16.3. The number of hydrogen-bond acceptors (Lipinski definition) is 2. The van der Waals surface area contributed by atoms with Crippen LogP contribution in [0.5, 0.6) is 0 Å². The Morgan fingerprint density at radius 1 is 1.15 bits per heavy atom. The van der Waals surface area contributed by atoms with Crippen LogP contribution in [0, 0.1) is 29.1 Å². The van der Waals surface area contributed by atoms with Gasteiger partial charge in [0.1, 0.15) is 0 Å². The van der Waals surface area contributed by atoms with Gasteiger partial charge in [0.2, 0.25) is 0 Å². The van der Waals surface area contributed by atoms with Crippen molar-refractivity contribution in [3.05, 3.63) is 11.6 Å². The molecule has 3 N–H and O–H groups in total. The smallest absolute Gasteiger partial charge is 0.0577 e. The molecule has 0 radical (unpaired) electrons. The molecule has 0 aromatic heterocycles. The summed E-state index contributed by atoms with van der Waals surface area (Å²) in [5.74, 6) is 3.43. The highest BCUT2D eigenvalue weighted by Gasteiger charge is 2.54. The summed E-state index contributed by atoms with van der Waals surface area (Å²) in [5.41, 5.74) is 8.46. The van der Waals surface area contributed by atoms with E-state index in [9.17, 15) is 5.11 Å². The summed E-state index contributed by atoms with van der Waals surface area (Å²) in [6.07, 6.45) is 12.2. The van der Waals surface area contributed by atoms with Crippen LogP contribution in [0.2, 0.25) is 0 Å². The average Bonchev–Trinajstić information content (AvgIpc) is 2.74. The van der Waals surface area contributed by atoms with Crippen LogP contribution < -0.4 is 5.73 Å². The Morgan fingerprint density at radius 2 is 2.00 bits per heavy atom. The van der Waals surface area contributed by atoms with Gasteiger partial charge in [-0.1, -0.05) is 18.6 Å². The van der Waals surface area contributed by atoms with E-state index < -0.39 is 0 Å². The lowest BCUT2D eigenvalue weighted by atomic mass is 9.52. The molecule has 4 aliphatic rings. The molecule has 7 atom stereocenters. The van der Waals surface area contributed by atoms with E-state index in [-0.39, 0.29) is 6.10 Å². The van der Waals surface area contributed by atoms with Crippen molar-refractivity contribution >= 4 is 0 Å². The Balaban J connectivity index is 1.62. The molecular weight excluding hydrogens is 246 g/mol. The SMILES string of the molecule is C[C@]12CC[C@H]3[C@@H](CC=C4C[C@H](O)CC[C@@H]43)[C@@H]1CC[C@@H]2N. The molecule has 0 aromatic rings. The molecule has 2 nitrogen and oxygen atoms in total. The topological polar surface area (TPSA) is 46.2 Å². The summed E-state index contributed by atoms with van der Waals surface area (Å²) in [5, 5.41) is 9.91. The van der Waals surface area contributed by atoms with Crippen molar-refractivity contribution in [3.63, 3.8) is 0 Å². The van der Waals surface area contributed by atoms with Crippen LogP contribution in [0.25, 0.3) is 0 Å². The number of rotatable bonds is 0. The van der Waals surface area contributed by atoms with E-state index in [2.05, 4.69) is 13.0 Å². The summed E-state index contributed by atoms with van der Waals surface area (Å²) in [6, 6.07) is 0.437. The third-order valence-corrected chi connectivity index (χ3v) is 7.49. The molecule has 0 amide bonds. The van der Waals surface area contributed by atoms with Crippen molar-refractivity contribution in [2.75, 3.05) is 0 Å². The second-order valence-electron chi connectivity index (χ2n) is 8.22. The highest BCUT2D eigenvalue weighted by Crippen LogP contribution is 2.60. The van der Waals surface area contributed by atoms with Crippen LogP contribution in [0.3, 0.4) is 0 Å². The molecule has 0 aromatic carbocycles. The van der Waals surface area contributed by atoms with Crippen LogP contribution in [0.4, 0.5) is 0 Å². The molecule has 3 saturated carbocycles. The van der Waals surface area contributed by atoms with Crippen LogP contribution in [0.15, 0.2) is 11.6 Å². The van der Waals surface area contributed by atoms with Crippen molar-refractivity contribution in [2.45, 2.75) is 70.4 Å². The normalized spacial score (nSPS) is 54.6. The van der Waals surface area contributed by atoms with Crippen molar-refractivity contribution < 1.29 is 5.11 Å². The molecular formula is C18H29NO. The minimum atomic E-state index is -0.0668. The lowest BCUT2D eigenvalue weighted by Gasteiger charge is -2.53. The van der Waals surface area contributed by atoms with Crippen molar-refractivity contribution in [3.8, 4) is 0 Å². The molecule has 0 heterocycles. The summed E-state index contributed by atoms with van der Waals surface area (Å²) in [6.45, 7) is 2.47. The molecule has 3 fully saturated rings. The number of allylic oxidation sites excluding steroid dienone is 1. The van der Waals surface area contributed by atoms with Gasteiger partial charge in [0.05, 0.1) is 6.10 Å². The number of aliphatic hydroxyl groups excluding tert-OH is 1. The maximum absolute atomic E-state index is 9.91. The van der Waals surface area contributed by atoms with Crippen LogP contribution in [-0.2, 0) is 0 Å². The Labute approximate surface area is 122 Å². The molecule has 4 rings (SSSR count). The first kappa shape index (κ1) is 13.3. The Bertz CT molecular complexity index is 431. The van der Waals surface area contributed by atoms with Gasteiger partial charge in [0.25, 0.3) is 0 Å². The summed E-state index contributed by atoms with van der Waals surface area (Å²) in [7, 11) is 0. The van der Waals surface area contributed by atoms with Gasteiger partial charge >= 0.3 is 0 Å². The largest absolute Gasteiger partial charge is 0.393 e. The predicted molar refractivity (Wildman–Crippen MR) is 81.1 cm³/mol. The fourth-order valence-corrected chi connectivity index (χ4v) is 6.29. The second-order valence-corrected chi connectivity index (χ2v) is 8.22. The van der Waals surface area contributed by atoms with Gasteiger partial charge in [-0.05, 0) is 80.5 Å². The fraction of sp³-hybridized carbons (Fsp3) is 0.889. The second kappa shape index (κ2) is 4.58. The number of aliphatic hydroxyl groups is 1. The minimum absolute atomic E-state index is 0.0668. The van der Waals surface area contributed by atoms with Crippen LogP contribution >= 0.6 is 0 Å². The maximum Gasteiger partial charge on any atom is 0.0577 e. The summed E-state index contributed by atoms with van der Waals surface area (Å²) in [4.78, 5) is 0. The number of hydrogen-bond donors (Lipinski definition) is 2. The quantitative estimate of drug-likeness (QED) is 0.667. The molecule has 0 bridgehead atoms. The van der Waals surface area contributed by atoms with Gasteiger partial charge in [-0.3, -0.25) is 0 Å². The van der Waals surface area contributed by atoms with E-state index in [1.807, 2.05) is 0 Å². The van der Waals surface area contributed by atoms with Crippen molar-refractivity contribution in [2.24, 2.45) is 34.8 Å². The standard InChI is InChI=1S/C18H29NO/c1-18-9-8-14-13-5-3-12(20)10-11(13)2-4-15(14)16(18)6-7-17(18)19/h2,12-17,20H,3-10,19H2,1H3/t12-,13+,14-,15-,16+,17+,18+/m1/s1. The van der Waals surface area contributed by atoms with Crippen LogP contribution in [-0.4, -0.2) is 17.3 Å². The van der Waals surface area contributed by atoms with Gasteiger partial charge < -0.3 is 10.8 Å². The van der Waals surface area contributed by atoms with Gasteiger partial charge in [-0.2, -0.15) is 0 Å². The molecule has 4 aliphatic carbocycles. The van der Waals surface area contributed by atoms with Gasteiger partial charge in [0, 0.05) is 6.04 Å². The monoisotopic (exact) mass is 275 g/mol. The Morgan fingerprint density at radius 3 is 2.85 bits per heavy atom. The highest BCUT2D eigenvalue weighted by molar-refractivity contribution is 5.20. The van der Waals surface area contributed by atoms with Gasteiger partial charge in [-0.15, -0.1) is 0 Å². The third kappa shape index (κ3) is 1.77. The molecule has 2 heteroatoms. The molecule has 20 heavy (non-hydrogen) atoms. The van der Waals surface area contributed by atoms with Gasteiger partial charge in [-0.25, -0.2) is 0 Å². The van der Waals surface area contributed by atoms with E-state index in [1.54, 1.807) is 5.57 Å². The zero-order valence-electron chi connectivity index (χ0n) is 12.7. The van der Waals surface area contributed by atoms with E-state index in [0.717, 1.165) is 36.5 Å². The minimum Gasteiger partial charge on any atom is -0.393 e. The van der Waals surface area contributed by atoms with E-state index in [0.29, 0.717) is 11.5 Å². The van der Waals surface area contributed by atoms with Crippen molar-refractivity contribution in [1.29, 1.82) is 0 Å². The predicted octanol–water partition coefficient (Wildman–Crippen LogP) is 3.25. The Kier molecular flexibility index (Phi) is 3.05. The molecule has 0 aliphatic heterocycles. The Hall–Kier alpha value is -0.340. The summed E-state index contributed by atoms with van der Waals surface area (Å²) < 4.78 is 0. The van der Waals surface area contributed by atoms with E-state index in [1.165, 1.54) is 38.5 Å². The van der Waals surface area contributed by atoms with E-state index in [4.69, 9.17) is 5.73 Å². The first-order valence-electron chi connectivity index (χ1n) is 8.72. The molecule has 0 spiro atoms. The zero-order valence-corrected chi connectivity index (χ0v) is 12.7.